The second-order valence-corrected chi connectivity index (χ2v) is 8.40. The molecular weight excluding hydrogens is 372 g/mol. The summed E-state index contributed by atoms with van der Waals surface area (Å²) in [5.41, 5.74) is 0.771. The molecule has 9 nitrogen and oxygen atoms in total. The molecule has 1 saturated heterocycles. The van der Waals surface area contributed by atoms with Crippen molar-refractivity contribution in [3.05, 3.63) is 30.2 Å². The first-order chi connectivity index (χ1) is 12.9. The Bertz CT molecular complexity index is 894. The number of methoxy groups -OCH3 is 1. The number of benzene rings is 1. The maximum absolute atomic E-state index is 12.4. The minimum absolute atomic E-state index is 0.0946. The molecule has 3 rings (SSSR count). The van der Waals surface area contributed by atoms with Gasteiger partial charge in [0.15, 0.2) is 0 Å². The Labute approximate surface area is 157 Å². The third-order valence-electron chi connectivity index (χ3n) is 4.45. The summed E-state index contributed by atoms with van der Waals surface area (Å²) in [6, 6.07) is 7.22. The zero-order chi connectivity index (χ0) is 19.4. The van der Waals surface area contributed by atoms with Crippen molar-refractivity contribution >= 4 is 15.9 Å². The largest absolute Gasteiger partial charge is 0.497 e. The molecule has 2 aromatic rings. The molecule has 27 heavy (non-hydrogen) atoms. The molecule has 1 N–H and O–H groups in total. The summed E-state index contributed by atoms with van der Waals surface area (Å²) < 4.78 is 35.0. The van der Waals surface area contributed by atoms with Crippen LogP contribution < -0.4 is 10.1 Å². The molecule has 1 amide bonds. The van der Waals surface area contributed by atoms with Gasteiger partial charge in [0.25, 0.3) is 0 Å². The molecule has 1 aliphatic rings. The quantitative estimate of drug-likeness (QED) is 0.778. The van der Waals surface area contributed by atoms with E-state index in [1.54, 1.807) is 19.2 Å². The van der Waals surface area contributed by atoms with Crippen molar-refractivity contribution in [1.29, 1.82) is 0 Å². The molecule has 0 spiro atoms. The molecule has 2 heterocycles. The van der Waals surface area contributed by atoms with E-state index in [9.17, 15) is 13.2 Å². The lowest BCUT2D eigenvalue weighted by molar-refractivity contribution is -0.126. The van der Waals surface area contributed by atoms with Crippen molar-refractivity contribution in [2.75, 3.05) is 26.5 Å². The molecule has 0 radical (unpaired) electrons. The topological polar surface area (TPSA) is 115 Å². The van der Waals surface area contributed by atoms with Crippen molar-refractivity contribution < 1.29 is 22.5 Å². The number of rotatable bonds is 6. The number of piperidine rings is 1. The monoisotopic (exact) mass is 394 g/mol. The van der Waals surface area contributed by atoms with E-state index in [0.29, 0.717) is 25.2 Å². The Morgan fingerprint density at radius 1 is 1.37 bits per heavy atom. The summed E-state index contributed by atoms with van der Waals surface area (Å²) in [6.45, 7) is 0.750. The smallest absolute Gasteiger partial charge is 0.246 e. The van der Waals surface area contributed by atoms with Crippen molar-refractivity contribution in [3.8, 4) is 17.1 Å². The van der Waals surface area contributed by atoms with E-state index < -0.39 is 10.0 Å². The lowest BCUT2D eigenvalue weighted by Gasteiger charge is -2.29. The van der Waals surface area contributed by atoms with Crippen molar-refractivity contribution in [3.63, 3.8) is 0 Å². The van der Waals surface area contributed by atoms with Crippen LogP contribution in [0.5, 0.6) is 5.75 Å². The van der Waals surface area contributed by atoms with Crippen LogP contribution in [-0.4, -0.2) is 55.2 Å². The Morgan fingerprint density at radius 3 is 2.78 bits per heavy atom. The van der Waals surface area contributed by atoms with Crippen LogP contribution in [-0.2, 0) is 21.4 Å². The van der Waals surface area contributed by atoms with Crippen LogP contribution in [0.25, 0.3) is 11.4 Å². The Hall–Kier alpha value is -2.46. The zero-order valence-electron chi connectivity index (χ0n) is 15.2. The van der Waals surface area contributed by atoms with Gasteiger partial charge >= 0.3 is 0 Å². The molecule has 1 atom stereocenters. The number of carbonyl (C=O) groups excluding carboxylic acids is 1. The number of ether oxygens (including phenoxy) is 1. The first-order valence-corrected chi connectivity index (χ1v) is 10.4. The minimum Gasteiger partial charge on any atom is -0.497 e. The maximum atomic E-state index is 12.4. The van der Waals surface area contributed by atoms with E-state index in [1.807, 2.05) is 12.1 Å². The maximum Gasteiger partial charge on any atom is 0.246 e. The van der Waals surface area contributed by atoms with Crippen molar-refractivity contribution in [2.24, 2.45) is 5.92 Å². The Kier molecular flexibility index (Phi) is 5.76. The summed E-state index contributed by atoms with van der Waals surface area (Å²) in [7, 11) is -1.70. The SMILES string of the molecule is COc1ccc(-c2noc(CNC(=O)[C@H]3CCCN(S(C)(=O)=O)C3)n2)cc1. The van der Waals surface area contributed by atoms with Crippen LogP contribution in [0, 0.1) is 5.92 Å². The predicted molar refractivity (Wildman–Crippen MR) is 97.3 cm³/mol. The molecule has 0 aliphatic carbocycles. The highest BCUT2D eigenvalue weighted by Crippen LogP contribution is 2.21. The number of amides is 1. The number of nitrogens with zero attached hydrogens (tertiary/aromatic N) is 3. The molecule has 1 aliphatic heterocycles. The van der Waals surface area contributed by atoms with Crippen LogP contribution in [0.2, 0.25) is 0 Å². The molecule has 146 valence electrons. The summed E-state index contributed by atoms with van der Waals surface area (Å²) in [5, 5.41) is 6.66. The summed E-state index contributed by atoms with van der Waals surface area (Å²) >= 11 is 0. The van der Waals surface area contributed by atoms with E-state index in [1.165, 1.54) is 4.31 Å². The number of hydrogen-bond donors (Lipinski definition) is 1. The van der Waals surface area contributed by atoms with Gasteiger partial charge in [-0.15, -0.1) is 0 Å². The third-order valence-corrected chi connectivity index (χ3v) is 5.72. The van der Waals surface area contributed by atoms with Gasteiger partial charge in [0.05, 0.1) is 25.8 Å². The highest BCUT2D eigenvalue weighted by Gasteiger charge is 2.30. The molecule has 1 aromatic heterocycles. The fourth-order valence-corrected chi connectivity index (χ4v) is 3.86. The van der Waals surface area contributed by atoms with Crippen molar-refractivity contribution in [1.82, 2.24) is 19.8 Å². The van der Waals surface area contributed by atoms with Gasteiger partial charge in [-0.2, -0.15) is 4.98 Å². The third kappa shape index (κ3) is 4.83. The van der Waals surface area contributed by atoms with Gasteiger partial charge in [-0.05, 0) is 37.1 Å². The summed E-state index contributed by atoms with van der Waals surface area (Å²) in [5.74, 6) is 0.836. The molecule has 1 aromatic carbocycles. The first-order valence-electron chi connectivity index (χ1n) is 8.56. The number of sulfonamides is 1. The Morgan fingerprint density at radius 2 is 2.11 bits per heavy atom. The standard InChI is InChI=1S/C17H22N4O5S/c1-25-14-7-5-12(6-8-14)16-19-15(26-20-16)10-18-17(22)13-4-3-9-21(11-13)27(2,23)24/h5-8,13H,3-4,9-11H2,1-2H3,(H,18,22)/t13-/m0/s1. The van der Waals surface area contributed by atoms with E-state index in [4.69, 9.17) is 9.26 Å². The van der Waals surface area contributed by atoms with Gasteiger partial charge in [-0.1, -0.05) is 5.16 Å². The Balaban J connectivity index is 1.57. The van der Waals surface area contributed by atoms with Gasteiger partial charge < -0.3 is 14.6 Å². The second-order valence-electron chi connectivity index (χ2n) is 6.42. The highest BCUT2D eigenvalue weighted by molar-refractivity contribution is 7.88. The summed E-state index contributed by atoms with van der Waals surface area (Å²) in [6.07, 6.45) is 2.47. The molecular formula is C17H22N4O5S. The van der Waals surface area contributed by atoms with Gasteiger partial charge in [-0.3, -0.25) is 4.79 Å². The average Bonchev–Trinajstić information content (AvgIpc) is 3.14. The molecule has 0 unspecified atom stereocenters. The van der Waals surface area contributed by atoms with Crippen LogP contribution >= 0.6 is 0 Å². The van der Waals surface area contributed by atoms with Gasteiger partial charge in [0.2, 0.25) is 27.6 Å². The van der Waals surface area contributed by atoms with E-state index in [2.05, 4.69) is 15.5 Å². The van der Waals surface area contributed by atoms with E-state index in [-0.39, 0.29) is 30.8 Å². The van der Waals surface area contributed by atoms with Gasteiger partial charge in [-0.25, -0.2) is 12.7 Å². The fraction of sp³-hybridized carbons (Fsp3) is 0.471. The lowest BCUT2D eigenvalue weighted by Crippen LogP contribution is -2.44. The number of carbonyl (C=O) groups is 1. The molecule has 10 heteroatoms. The molecule has 0 bridgehead atoms. The van der Waals surface area contributed by atoms with Crippen molar-refractivity contribution in [2.45, 2.75) is 19.4 Å². The van der Waals surface area contributed by atoms with Crippen LogP contribution in [0.3, 0.4) is 0 Å². The lowest BCUT2D eigenvalue weighted by atomic mass is 9.99. The van der Waals surface area contributed by atoms with Gasteiger partial charge in [0, 0.05) is 18.7 Å². The van der Waals surface area contributed by atoms with Crippen LogP contribution in [0.1, 0.15) is 18.7 Å². The van der Waals surface area contributed by atoms with Crippen LogP contribution in [0.15, 0.2) is 28.8 Å². The molecule has 1 fully saturated rings. The number of aromatic nitrogens is 2. The van der Waals surface area contributed by atoms with E-state index in [0.717, 1.165) is 17.6 Å². The molecule has 0 saturated carbocycles. The minimum atomic E-state index is -3.29. The normalized spacial score (nSPS) is 18.2. The zero-order valence-corrected chi connectivity index (χ0v) is 16.0. The number of hydrogen-bond acceptors (Lipinski definition) is 7. The second kappa shape index (κ2) is 8.05. The van der Waals surface area contributed by atoms with E-state index >= 15 is 0 Å². The fourth-order valence-electron chi connectivity index (χ4n) is 2.95. The first kappa shape index (κ1) is 19.3. The van der Waals surface area contributed by atoms with Gasteiger partial charge in [0.1, 0.15) is 5.75 Å². The highest BCUT2D eigenvalue weighted by atomic mass is 32.2. The average molecular weight is 394 g/mol. The summed E-state index contributed by atoms with van der Waals surface area (Å²) in [4.78, 5) is 16.6. The van der Waals surface area contributed by atoms with Crippen LogP contribution in [0.4, 0.5) is 0 Å². The number of nitrogens with one attached hydrogen (secondary N) is 1. The predicted octanol–water partition coefficient (Wildman–Crippen LogP) is 1.03.